The highest BCUT2D eigenvalue weighted by Gasteiger charge is 2.30. The monoisotopic (exact) mass is 983 g/mol. The third kappa shape index (κ3) is 10.7. The highest BCUT2D eigenvalue weighted by Crippen LogP contribution is 2.46. The predicted octanol–water partition coefficient (Wildman–Crippen LogP) is 19.2. The fourth-order valence-corrected chi connectivity index (χ4v) is 9.73. The molecule has 7 aromatic carbocycles. The van der Waals surface area contributed by atoms with Crippen molar-refractivity contribution in [2.75, 3.05) is 0 Å². The van der Waals surface area contributed by atoms with Crippen LogP contribution >= 0.6 is 0 Å². The van der Waals surface area contributed by atoms with Crippen molar-refractivity contribution < 1.29 is 14.7 Å². The summed E-state index contributed by atoms with van der Waals surface area (Å²) in [6.07, 6.45) is -0.126. The minimum Gasteiger partial charge on any atom is -0.507 e. The average Bonchev–Trinajstić information content (AvgIpc) is 3.86. The third-order valence-corrected chi connectivity index (χ3v) is 13.9. The van der Waals surface area contributed by atoms with Crippen LogP contribution in [0.2, 0.25) is 0 Å². The quantitative estimate of drug-likeness (QED) is 0.165. The maximum atomic E-state index is 12.7. The largest absolute Gasteiger partial charge is 0.507 e. The third-order valence-electron chi connectivity index (χ3n) is 13.9. The van der Waals surface area contributed by atoms with Crippen LogP contribution in [0.4, 0.5) is 0 Å². The molecule has 0 fully saturated rings. The zero-order valence-corrected chi connectivity index (χ0v) is 46.1. The van der Waals surface area contributed by atoms with Gasteiger partial charge in [0.2, 0.25) is 0 Å². The number of rotatable bonds is 8. The molecule has 4 heteroatoms. The van der Waals surface area contributed by atoms with Crippen LogP contribution in [-0.2, 0) is 28.0 Å². The van der Waals surface area contributed by atoms with E-state index in [9.17, 15) is 7.85 Å². The fraction of sp³-hybridized carbons (Fsp3) is 0.314. The summed E-state index contributed by atoms with van der Waals surface area (Å²) in [4.78, 5) is 10.6. The van der Waals surface area contributed by atoms with Gasteiger partial charge in [-0.3, -0.25) is 9.55 Å². The van der Waals surface area contributed by atoms with E-state index in [4.69, 9.17) is 16.8 Å². The number of aromatic nitrogens is 3. The van der Waals surface area contributed by atoms with Gasteiger partial charge in [0.25, 0.3) is 0 Å². The first-order valence-corrected chi connectivity index (χ1v) is 25.9. The molecule has 0 spiro atoms. The van der Waals surface area contributed by atoms with Gasteiger partial charge in [-0.05, 0) is 150 Å². The lowest BCUT2D eigenvalue weighted by atomic mass is 9.79. The Hall–Kier alpha value is -7.04. The number of hydrogen-bond acceptors (Lipinski definition) is 3. The van der Waals surface area contributed by atoms with Gasteiger partial charge in [0.05, 0.1) is 30.7 Å². The molecule has 0 saturated carbocycles. The van der Waals surface area contributed by atoms with E-state index in [0.29, 0.717) is 39.3 Å². The minimum absolute atomic E-state index is 0.0339. The van der Waals surface area contributed by atoms with Crippen molar-refractivity contribution in [3.8, 4) is 78.6 Å². The van der Waals surface area contributed by atoms with Crippen LogP contribution in [0.3, 0.4) is 0 Å². The van der Waals surface area contributed by atoms with Gasteiger partial charge in [-0.2, -0.15) is 0 Å². The van der Waals surface area contributed by atoms with E-state index in [-0.39, 0.29) is 50.6 Å². The molecule has 0 aliphatic heterocycles. The van der Waals surface area contributed by atoms with Gasteiger partial charge in [0.15, 0.2) is 0 Å². The van der Waals surface area contributed by atoms with Gasteiger partial charge in [-0.25, -0.2) is 4.98 Å². The number of para-hydroxylation sites is 1. The number of phenolic OH excluding ortho intramolecular Hbond substituents is 1. The molecule has 9 aromatic rings. The van der Waals surface area contributed by atoms with E-state index in [0.717, 1.165) is 61.2 Å². The molecular formula is C70H77N3O. The van der Waals surface area contributed by atoms with Crippen molar-refractivity contribution in [3.05, 3.63) is 191 Å². The second kappa shape index (κ2) is 19.0. The Morgan fingerprint density at radius 1 is 0.514 bits per heavy atom. The smallest absolute Gasteiger partial charge is 0.149 e. The first-order valence-electron chi connectivity index (χ1n) is 29.4. The van der Waals surface area contributed by atoms with Crippen LogP contribution in [0.5, 0.6) is 5.75 Å². The maximum Gasteiger partial charge on any atom is 0.149 e. The van der Waals surface area contributed by atoms with E-state index >= 15 is 0 Å². The van der Waals surface area contributed by atoms with Crippen LogP contribution in [0.15, 0.2) is 158 Å². The Kier molecular flexibility index (Phi) is 11.1. The molecule has 2 aromatic heterocycles. The Morgan fingerprint density at radius 2 is 1.16 bits per heavy atom. The SMILES string of the molecule is [2H]c1cc(-c2ccc(C([2H])([2H])C(C)(C)C)cc2C([2H])([2H])[2H])cc([2H])c1-c1ccnc(-c2cc(-c3cccc4c3nc(-c3cc(C(C)(C)C)cc(C(C)(C)C)c3O)n4-c3ccc(C(C)(C)C)cc3-c3ccccc3)cc(C(C)(C)C)c2)c1. The van der Waals surface area contributed by atoms with Crippen molar-refractivity contribution in [2.24, 2.45) is 5.41 Å². The molecule has 74 heavy (non-hydrogen) atoms. The van der Waals surface area contributed by atoms with Crippen molar-refractivity contribution in [2.45, 2.75) is 139 Å². The molecule has 4 nitrogen and oxygen atoms in total. The Balaban J connectivity index is 1.25. The van der Waals surface area contributed by atoms with Crippen molar-refractivity contribution in [1.82, 2.24) is 14.5 Å². The van der Waals surface area contributed by atoms with Crippen LogP contribution in [0.25, 0.3) is 83.9 Å². The Bertz CT molecular complexity index is 3870. The zero-order chi connectivity index (χ0) is 59.3. The lowest BCUT2D eigenvalue weighted by molar-refractivity contribution is 0.411. The summed E-state index contributed by atoms with van der Waals surface area (Å²) in [7, 11) is 0. The molecular weight excluding hydrogens is 899 g/mol. The van der Waals surface area contributed by atoms with Gasteiger partial charge in [0.1, 0.15) is 11.6 Å². The van der Waals surface area contributed by atoms with Gasteiger partial charge < -0.3 is 5.11 Å². The second-order valence-corrected chi connectivity index (χ2v) is 25.2. The fourth-order valence-electron chi connectivity index (χ4n) is 9.73. The van der Waals surface area contributed by atoms with E-state index in [1.807, 2.05) is 12.1 Å². The van der Waals surface area contributed by atoms with Gasteiger partial charge in [-0.1, -0.05) is 207 Å². The normalized spacial score (nSPS) is 14.4. The summed E-state index contributed by atoms with van der Waals surface area (Å²) in [6.45, 7) is 29.0. The van der Waals surface area contributed by atoms with Gasteiger partial charge in [0, 0.05) is 35.3 Å². The number of phenols is 1. The summed E-state index contributed by atoms with van der Waals surface area (Å²) in [5, 5.41) is 12.7. The van der Waals surface area contributed by atoms with Gasteiger partial charge in [-0.15, -0.1) is 0 Å². The topological polar surface area (TPSA) is 50.9 Å². The zero-order valence-electron chi connectivity index (χ0n) is 53.1. The average molecular weight is 983 g/mol. The standard InChI is InChI=1S/C70H77N3O/c1-44-35-45(43-66(2,3)4)25-31-55(44)48-28-26-46(27-29-48)49-33-34-71-60(39-49)51-36-50(37-53(38-51)68(8,9)10)56-23-20-24-62-63(56)72-65(58-41-54(69(11,12)13)42-59(64(58)74)70(14,15)16)73(62)61-32-30-52(67(5,6)7)40-57(61)47-21-18-17-19-22-47/h17-42,74H,43H2,1-16H3/i1D3,26D,27D,43D2. The van der Waals surface area contributed by atoms with Gasteiger partial charge >= 0.3 is 0 Å². The van der Waals surface area contributed by atoms with E-state index in [1.54, 1.807) is 57.3 Å². The molecule has 0 unspecified atom stereocenters. The number of aryl methyl sites for hydroxylation is 1. The maximum absolute atomic E-state index is 12.7. The Morgan fingerprint density at radius 3 is 1.81 bits per heavy atom. The predicted molar refractivity (Wildman–Crippen MR) is 316 cm³/mol. The molecule has 0 atom stereocenters. The molecule has 2 heterocycles. The first-order chi connectivity index (χ1) is 37.4. The molecule has 0 radical (unpaired) electrons. The summed E-state index contributed by atoms with van der Waals surface area (Å²) < 4.78 is 64.1. The van der Waals surface area contributed by atoms with Crippen LogP contribution in [0, 0.1) is 12.3 Å². The molecule has 9 rings (SSSR count). The number of pyridine rings is 1. The number of aromatic hydroxyl groups is 1. The molecule has 0 saturated heterocycles. The first kappa shape index (κ1) is 43.4. The van der Waals surface area contributed by atoms with E-state index < -0.39 is 18.6 Å². The summed E-state index contributed by atoms with van der Waals surface area (Å²) in [5.74, 6) is 0.814. The summed E-state index contributed by atoms with van der Waals surface area (Å²) in [5.41, 5.74) is 12.8. The lowest BCUT2D eigenvalue weighted by Gasteiger charge is -2.28. The molecule has 0 aliphatic rings. The summed E-state index contributed by atoms with van der Waals surface area (Å²) >= 11 is 0. The van der Waals surface area contributed by atoms with Crippen molar-refractivity contribution in [1.29, 1.82) is 0 Å². The van der Waals surface area contributed by atoms with Crippen LogP contribution < -0.4 is 0 Å². The highest BCUT2D eigenvalue weighted by molar-refractivity contribution is 5.98. The number of fused-ring (bicyclic) bond motifs is 1. The summed E-state index contributed by atoms with van der Waals surface area (Å²) in [6, 6.07) is 45.8. The van der Waals surface area contributed by atoms with Crippen LogP contribution in [0.1, 0.15) is 147 Å². The molecule has 1 N–H and O–H groups in total. The highest BCUT2D eigenvalue weighted by atomic mass is 16.3. The molecule has 0 bridgehead atoms. The molecule has 0 amide bonds. The van der Waals surface area contributed by atoms with Crippen molar-refractivity contribution >= 4 is 11.0 Å². The minimum atomic E-state index is -2.59. The van der Waals surface area contributed by atoms with Crippen LogP contribution in [-0.4, -0.2) is 19.6 Å². The lowest BCUT2D eigenvalue weighted by Crippen LogP contribution is -2.17. The molecule has 378 valence electrons. The van der Waals surface area contributed by atoms with E-state index in [1.165, 1.54) is 11.6 Å². The number of hydrogen-bond donors (Lipinski definition) is 1. The Labute approximate surface area is 452 Å². The number of benzene rings is 7. The van der Waals surface area contributed by atoms with Crippen molar-refractivity contribution in [3.63, 3.8) is 0 Å². The van der Waals surface area contributed by atoms with E-state index in [2.05, 4.69) is 179 Å². The number of imidazole rings is 1. The number of nitrogens with zero attached hydrogens (tertiary/aromatic N) is 3. The molecule has 0 aliphatic carbocycles. The second-order valence-electron chi connectivity index (χ2n) is 25.2.